The average molecular weight is 475 g/mol. The molecule has 0 aliphatic carbocycles. The van der Waals surface area contributed by atoms with Crippen LogP contribution in [0.15, 0.2) is 42.5 Å². The van der Waals surface area contributed by atoms with E-state index in [0.717, 1.165) is 0 Å². The molecule has 0 saturated carbocycles. The van der Waals surface area contributed by atoms with Crippen LogP contribution in [-0.2, 0) is 0 Å². The Morgan fingerprint density at radius 2 is 0.833 bits per heavy atom. The SMILES string of the molecule is Clc1ccc(Cl)c2nc(-c3cccc(-c4nnc5c(Cl)ccc(Cl)c5n4)n3)nnc12. The molecule has 3 heterocycles. The lowest BCUT2D eigenvalue weighted by Crippen LogP contribution is -2.00. The largest absolute Gasteiger partial charge is 0.241 e. The monoisotopic (exact) mass is 473 g/mol. The van der Waals surface area contributed by atoms with Crippen molar-refractivity contribution >= 4 is 68.5 Å². The summed E-state index contributed by atoms with van der Waals surface area (Å²) in [7, 11) is 0. The van der Waals surface area contributed by atoms with Crippen molar-refractivity contribution in [3.63, 3.8) is 0 Å². The van der Waals surface area contributed by atoms with E-state index in [9.17, 15) is 0 Å². The smallest absolute Gasteiger partial charge is 0.201 e. The summed E-state index contributed by atoms with van der Waals surface area (Å²) in [5.41, 5.74) is 2.62. The Bertz CT molecular complexity index is 1350. The fourth-order valence-electron chi connectivity index (χ4n) is 2.82. The Hall–Kier alpha value is -2.71. The van der Waals surface area contributed by atoms with Gasteiger partial charge in [-0.15, -0.1) is 20.4 Å². The van der Waals surface area contributed by atoms with Crippen molar-refractivity contribution in [3.8, 4) is 23.0 Å². The number of hydrogen-bond acceptors (Lipinski definition) is 7. The van der Waals surface area contributed by atoms with Crippen molar-refractivity contribution in [3.05, 3.63) is 62.6 Å². The summed E-state index contributed by atoms with van der Waals surface area (Å²) in [6.07, 6.45) is 0. The van der Waals surface area contributed by atoms with Crippen molar-refractivity contribution in [2.45, 2.75) is 0 Å². The molecule has 3 aromatic heterocycles. The quantitative estimate of drug-likeness (QED) is 0.323. The van der Waals surface area contributed by atoms with Crippen molar-refractivity contribution < 1.29 is 0 Å². The Morgan fingerprint density at radius 1 is 0.433 bits per heavy atom. The molecule has 5 aromatic rings. The molecule has 30 heavy (non-hydrogen) atoms. The van der Waals surface area contributed by atoms with E-state index in [2.05, 4.69) is 35.3 Å². The molecule has 0 aliphatic heterocycles. The van der Waals surface area contributed by atoms with Crippen molar-refractivity contribution in [2.24, 2.45) is 0 Å². The van der Waals surface area contributed by atoms with Gasteiger partial charge in [0.15, 0.2) is 0 Å². The van der Waals surface area contributed by atoms with Gasteiger partial charge in [0.1, 0.15) is 33.5 Å². The topological polar surface area (TPSA) is 90.2 Å². The number of halogens is 4. The Morgan fingerprint density at radius 3 is 1.27 bits per heavy atom. The zero-order valence-corrected chi connectivity index (χ0v) is 17.7. The summed E-state index contributed by atoms with van der Waals surface area (Å²) in [6, 6.07) is 11.8. The molecule has 7 nitrogen and oxygen atoms in total. The maximum Gasteiger partial charge on any atom is 0.201 e. The Kier molecular flexibility index (Phi) is 4.83. The number of pyridine rings is 1. The Labute approximate surface area is 189 Å². The van der Waals surface area contributed by atoms with Gasteiger partial charge in [-0.05, 0) is 36.4 Å². The Balaban J connectivity index is 1.63. The highest BCUT2D eigenvalue weighted by Crippen LogP contribution is 2.29. The lowest BCUT2D eigenvalue weighted by atomic mass is 10.2. The first kappa shape index (κ1) is 19.3. The molecular weight excluding hydrogens is 468 g/mol. The predicted molar refractivity (Wildman–Crippen MR) is 117 cm³/mol. The first-order valence-corrected chi connectivity index (χ1v) is 9.97. The molecule has 0 radical (unpaired) electrons. The van der Waals surface area contributed by atoms with Gasteiger partial charge in [0.05, 0.1) is 20.1 Å². The van der Waals surface area contributed by atoms with E-state index in [1.807, 2.05) is 0 Å². The third kappa shape index (κ3) is 3.30. The molecule has 5 rings (SSSR count). The second-order valence-electron chi connectivity index (χ2n) is 6.13. The van der Waals surface area contributed by atoms with Gasteiger partial charge in [0, 0.05) is 0 Å². The molecule has 0 amide bonds. The van der Waals surface area contributed by atoms with Crippen LogP contribution in [0.2, 0.25) is 20.1 Å². The highest BCUT2D eigenvalue weighted by atomic mass is 35.5. The van der Waals surface area contributed by atoms with Gasteiger partial charge in [0.25, 0.3) is 0 Å². The summed E-state index contributed by atoms with van der Waals surface area (Å²) < 4.78 is 0. The maximum absolute atomic E-state index is 6.24. The first-order valence-electron chi connectivity index (χ1n) is 8.46. The lowest BCUT2D eigenvalue weighted by molar-refractivity contribution is 1.00. The minimum Gasteiger partial charge on any atom is -0.241 e. The summed E-state index contributed by atoms with van der Waals surface area (Å²) in [5, 5.41) is 18.2. The van der Waals surface area contributed by atoms with Crippen LogP contribution in [0, 0.1) is 0 Å². The van der Waals surface area contributed by atoms with Gasteiger partial charge in [0.2, 0.25) is 11.6 Å². The summed E-state index contributed by atoms with van der Waals surface area (Å²) in [6.45, 7) is 0. The molecule has 2 aromatic carbocycles. The van der Waals surface area contributed by atoms with Crippen molar-refractivity contribution in [2.75, 3.05) is 0 Å². The van der Waals surface area contributed by atoms with E-state index in [-0.39, 0.29) is 11.6 Å². The van der Waals surface area contributed by atoms with Gasteiger partial charge in [-0.25, -0.2) is 15.0 Å². The van der Waals surface area contributed by atoms with Crippen LogP contribution in [0.4, 0.5) is 0 Å². The zero-order chi connectivity index (χ0) is 20.8. The van der Waals surface area contributed by atoms with Gasteiger partial charge in [-0.3, -0.25) is 0 Å². The summed E-state index contributed by atoms with van der Waals surface area (Å²) >= 11 is 24.8. The summed E-state index contributed by atoms with van der Waals surface area (Å²) in [5.74, 6) is 0.562. The summed E-state index contributed by atoms with van der Waals surface area (Å²) in [4.78, 5) is 13.5. The predicted octanol–water partition coefficient (Wildman–Crippen LogP) is 5.71. The fourth-order valence-corrected chi connectivity index (χ4v) is 3.59. The van der Waals surface area contributed by atoms with Gasteiger partial charge in [-0.2, -0.15) is 0 Å². The number of nitrogens with zero attached hydrogens (tertiary/aromatic N) is 7. The van der Waals surface area contributed by atoms with Gasteiger partial charge < -0.3 is 0 Å². The molecule has 0 N–H and O–H groups in total. The molecule has 0 spiro atoms. The highest BCUT2D eigenvalue weighted by molar-refractivity contribution is 6.40. The van der Waals surface area contributed by atoms with Crippen molar-refractivity contribution in [1.82, 2.24) is 35.3 Å². The second-order valence-corrected chi connectivity index (χ2v) is 7.76. The molecule has 0 bridgehead atoms. The molecule has 0 atom stereocenters. The fraction of sp³-hybridized carbons (Fsp3) is 0. The molecule has 11 heteroatoms. The van der Waals surface area contributed by atoms with Crippen LogP contribution >= 0.6 is 46.4 Å². The number of benzene rings is 2. The molecule has 146 valence electrons. The minimum absolute atomic E-state index is 0.281. The van der Waals surface area contributed by atoms with Crippen LogP contribution in [0.25, 0.3) is 45.1 Å². The second kappa shape index (κ2) is 7.52. The third-order valence-corrected chi connectivity index (χ3v) is 5.46. The first-order chi connectivity index (χ1) is 14.5. The van der Waals surface area contributed by atoms with E-state index in [1.165, 1.54) is 0 Å². The number of rotatable bonds is 2. The van der Waals surface area contributed by atoms with Crippen LogP contribution in [0.3, 0.4) is 0 Å². The average Bonchev–Trinajstić information content (AvgIpc) is 2.78. The van der Waals surface area contributed by atoms with Crippen LogP contribution < -0.4 is 0 Å². The molecule has 0 aliphatic rings. The standard InChI is InChI=1S/C19H7Cl4N7/c20-8-4-6-10(22)16-14(8)25-18(29-27-16)12-2-1-3-13(24-12)19-26-15-9(21)5-7-11(23)17(15)28-30-19/h1-7H. The molecule has 0 fully saturated rings. The van der Waals surface area contributed by atoms with Crippen molar-refractivity contribution in [1.29, 1.82) is 0 Å². The number of aromatic nitrogens is 7. The number of hydrogen-bond donors (Lipinski definition) is 0. The van der Waals surface area contributed by atoms with E-state index in [4.69, 9.17) is 46.4 Å². The maximum atomic E-state index is 6.24. The minimum atomic E-state index is 0.281. The van der Waals surface area contributed by atoms with E-state index < -0.39 is 0 Å². The van der Waals surface area contributed by atoms with Gasteiger partial charge in [-0.1, -0.05) is 52.5 Å². The van der Waals surface area contributed by atoms with E-state index >= 15 is 0 Å². The number of fused-ring (bicyclic) bond motifs is 2. The normalized spacial score (nSPS) is 11.3. The van der Waals surface area contributed by atoms with Crippen LogP contribution in [0.5, 0.6) is 0 Å². The molecule has 0 unspecified atom stereocenters. The zero-order valence-electron chi connectivity index (χ0n) is 14.7. The molecular formula is C19H7Cl4N7. The third-order valence-electron chi connectivity index (χ3n) is 4.24. The van der Waals surface area contributed by atoms with Crippen LogP contribution in [-0.4, -0.2) is 35.3 Å². The van der Waals surface area contributed by atoms with Gasteiger partial charge >= 0.3 is 0 Å². The molecule has 0 saturated heterocycles. The highest BCUT2D eigenvalue weighted by Gasteiger charge is 2.14. The lowest BCUT2D eigenvalue weighted by Gasteiger charge is -2.06. The van der Waals surface area contributed by atoms with E-state index in [0.29, 0.717) is 53.5 Å². The van der Waals surface area contributed by atoms with E-state index in [1.54, 1.807) is 42.5 Å². The van der Waals surface area contributed by atoms with Crippen LogP contribution in [0.1, 0.15) is 0 Å².